The summed E-state index contributed by atoms with van der Waals surface area (Å²) >= 11 is 0. The standard InChI is InChI=1S/C17H13N/c1-2-13-18-16-9-5-3-7-14(16)11-12-15-8-4-6-10-17(15)18/h1,3-12H,13H2. The van der Waals surface area contributed by atoms with Crippen molar-refractivity contribution in [3.63, 3.8) is 0 Å². The van der Waals surface area contributed by atoms with E-state index >= 15 is 0 Å². The second-order valence-electron chi connectivity index (χ2n) is 4.24. The number of anilines is 2. The maximum Gasteiger partial charge on any atom is 0.0841 e. The highest BCUT2D eigenvalue weighted by Crippen LogP contribution is 2.35. The Morgan fingerprint density at radius 3 is 1.83 bits per heavy atom. The van der Waals surface area contributed by atoms with Crippen LogP contribution in [0.2, 0.25) is 0 Å². The Balaban J connectivity index is 2.24. The van der Waals surface area contributed by atoms with Crippen LogP contribution in [0, 0.1) is 12.3 Å². The Hall–Kier alpha value is -2.46. The van der Waals surface area contributed by atoms with Crippen LogP contribution in [-0.4, -0.2) is 6.54 Å². The predicted molar refractivity (Wildman–Crippen MR) is 77.7 cm³/mol. The highest BCUT2D eigenvalue weighted by molar-refractivity contribution is 5.88. The van der Waals surface area contributed by atoms with Crippen LogP contribution in [0.15, 0.2) is 48.5 Å². The van der Waals surface area contributed by atoms with Crippen LogP contribution in [0.4, 0.5) is 11.4 Å². The summed E-state index contributed by atoms with van der Waals surface area (Å²) in [6, 6.07) is 16.6. The van der Waals surface area contributed by atoms with E-state index in [2.05, 4.69) is 47.2 Å². The fourth-order valence-electron chi connectivity index (χ4n) is 2.32. The van der Waals surface area contributed by atoms with E-state index in [1.807, 2.05) is 24.3 Å². The van der Waals surface area contributed by atoms with Crippen LogP contribution in [0.1, 0.15) is 11.1 Å². The fraction of sp³-hybridized carbons (Fsp3) is 0.0588. The third-order valence-corrected chi connectivity index (χ3v) is 3.15. The average molecular weight is 231 g/mol. The first-order valence-corrected chi connectivity index (χ1v) is 5.97. The minimum atomic E-state index is 0.579. The molecule has 2 aromatic rings. The van der Waals surface area contributed by atoms with Gasteiger partial charge in [-0.05, 0) is 23.3 Å². The van der Waals surface area contributed by atoms with Gasteiger partial charge >= 0.3 is 0 Å². The molecule has 0 radical (unpaired) electrons. The first-order chi connectivity index (χ1) is 8.90. The van der Waals surface area contributed by atoms with E-state index in [9.17, 15) is 0 Å². The first-order valence-electron chi connectivity index (χ1n) is 5.97. The molecular formula is C17H13N. The summed E-state index contributed by atoms with van der Waals surface area (Å²) < 4.78 is 0. The van der Waals surface area contributed by atoms with Gasteiger partial charge in [0.1, 0.15) is 0 Å². The number of rotatable bonds is 1. The molecule has 0 saturated heterocycles. The van der Waals surface area contributed by atoms with Gasteiger partial charge in [-0.3, -0.25) is 0 Å². The van der Waals surface area contributed by atoms with Gasteiger partial charge in [-0.2, -0.15) is 0 Å². The average Bonchev–Trinajstić information content (AvgIpc) is 2.58. The number of para-hydroxylation sites is 2. The van der Waals surface area contributed by atoms with Gasteiger partial charge in [0.2, 0.25) is 0 Å². The largest absolute Gasteiger partial charge is 0.329 e. The number of fused-ring (bicyclic) bond motifs is 2. The van der Waals surface area contributed by atoms with E-state index < -0.39 is 0 Å². The summed E-state index contributed by atoms with van der Waals surface area (Å²) in [5.74, 6) is 2.75. The van der Waals surface area contributed by atoms with Gasteiger partial charge in [0.25, 0.3) is 0 Å². The normalized spacial score (nSPS) is 12.3. The lowest BCUT2D eigenvalue weighted by Crippen LogP contribution is -2.18. The Kier molecular flexibility index (Phi) is 2.63. The molecule has 86 valence electrons. The number of hydrogen-bond donors (Lipinski definition) is 0. The minimum absolute atomic E-state index is 0.579. The van der Waals surface area contributed by atoms with Crippen molar-refractivity contribution >= 4 is 23.5 Å². The molecule has 0 amide bonds. The number of hydrogen-bond acceptors (Lipinski definition) is 1. The molecule has 0 unspecified atom stereocenters. The highest BCUT2D eigenvalue weighted by Gasteiger charge is 2.15. The molecule has 0 bridgehead atoms. The molecule has 1 aliphatic rings. The van der Waals surface area contributed by atoms with Crippen molar-refractivity contribution in [1.29, 1.82) is 0 Å². The summed E-state index contributed by atoms with van der Waals surface area (Å²) in [6.07, 6.45) is 9.80. The van der Waals surface area contributed by atoms with E-state index in [0.717, 1.165) is 11.4 Å². The lowest BCUT2D eigenvalue weighted by atomic mass is 10.1. The molecule has 0 N–H and O–H groups in total. The quantitative estimate of drug-likeness (QED) is 0.672. The molecule has 0 atom stereocenters. The molecular weight excluding hydrogens is 218 g/mol. The van der Waals surface area contributed by atoms with Crippen molar-refractivity contribution < 1.29 is 0 Å². The van der Waals surface area contributed by atoms with Crippen molar-refractivity contribution in [1.82, 2.24) is 0 Å². The lowest BCUT2D eigenvalue weighted by molar-refractivity contribution is 1.12. The van der Waals surface area contributed by atoms with Gasteiger partial charge < -0.3 is 4.90 Å². The van der Waals surface area contributed by atoms with Crippen molar-refractivity contribution in [2.75, 3.05) is 11.4 Å². The molecule has 1 aliphatic heterocycles. The molecule has 1 heteroatoms. The SMILES string of the molecule is C#CCN1c2ccccc2C=Cc2ccccc21. The second-order valence-corrected chi connectivity index (χ2v) is 4.24. The molecule has 1 heterocycles. The van der Waals surface area contributed by atoms with Crippen LogP contribution < -0.4 is 4.90 Å². The summed E-state index contributed by atoms with van der Waals surface area (Å²) in [6.45, 7) is 0.579. The third-order valence-electron chi connectivity index (χ3n) is 3.15. The lowest BCUT2D eigenvalue weighted by Gasteiger charge is -2.24. The zero-order chi connectivity index (χ0) is 12.4. The van der Waals surface area contributed by atoms with E-state index in [4.69, 9.17) is 6.42 Å². The fourth-order valence-corrected chi connectivity index (χ4v) is 2.32. The molecule has 0 aliphatic carbocycles. The summed E-state index contributed by atoms with van der Waals surface area (Å²) in [5.41, 5.74) is 4.72. The van der Waals surface area contributed by atoms with Gasteiger partial charge in [0.05, 0.1) is 6.54 Å². The monoisotopic (exact) mass is 231 g/mol. The molecule has 2 aromatic carbocycles. The van der Waals surface area contributed by atoms with E-state index in [0.29, 0.717) is 6.54 Å². The van der Waals surface area contributed by atoms with Crippen molar-refractivity contribution in [2.45, 2.75) is 0 Å². The van der Waals surface area contributed by atoms with Gasteiger partial charge in [-0.1, -0.05) is 54.5 Å². The number of benzene rings is 2. The summed E-state index contributed by atoms with van der Waals surface area (Å²) in [4.78, 5) is 2.19. The second kappa shape index (κ2) is 4.43. The van der Waals surface area contributed by atoms with Crippen molar-refractivity contribution in [2.24, 2.45) is 0 Å². The van der Waals surface area contributed by atoms with Crippen LogP contribution >= 0.6 is 0 Å². The van der Waals surface area contributed by atoms with Crippen LogP contribution in [0.25, 0.3) is 12.2 Å². The maximum absolute atomic E-state index is 5.51. The molecule has 0 fully saturated rings. The van der Waals surface area contributed by atoms with Crippen LogP contribution in [0.5, 0.6) is 0 Å². The Morgan fingerprint density at radius 1 is 0.833 bits per heavy atom. The van der Waals surface area contributed by atoms with Crippen LogP contribution in [-0.2, 0) is 0 Å². The smallest absolute Gasteiger partial charge is 0.0841 e. The molecule has 18 heavy (non-hydrogen) atoms. The Labute approximate surface area is 107 Å². The van der Waals surface area contributed by atoms with E-state index in [-0.39, 0.29) is 0 Å². The topological polar surface area (TPSA) is 3.24 Å². The first kappa shape index (κ1) is 10.7. The van der Waals surface area contributed by atoms with E-state index in [1.165, 1.54) is 11.1 Å². The van der Waals surface area contributed by atoms with Gasteiger partial charge in [-0.25, -0.2) is 0 Å². The van der Waals surface area contributed by atoms with Crippen molar-refractivity contribution in [3.05, 3.63) is 59.7 Å². The molecule has 1 nitrogen and oxygen atoms in total. The highest BCUT2D eigenvalue weighted by atomic mass is 15.1. The number of nitrogens with zero attached hydrogens (tertiary/aromatic N) is 1. The van der Waals surface area contributed by atoms with E-state index in [1.54, 1.807) is 0 Å². The minimum Gasteiger partial charge on any atom is -0.329 e. The zero-order valence-electron chi connectivity index (χ0n) is 10.0. The van der Waals surface area contributed by atoms with Gasteiger partial charge in [0, 0.05) is 11.4 Å². The molecule has 3 rings (SSSR count). The molecule has 0 aromatic heterocycles. The number of terminal acetylenes is 1. The summed E-state index contributed by atoms with van der Waals surface area (Å²) in [5, 5.41) is 0. The summed E-state index contributed by atoms with van der Waals surface area (Å²) in [7, 11) is 0. The third kappa shape index (κ3) is 1.69. The van der Waals surface area contributed by atoms with Crippen LogP contribution in [0.3, 0.4) is 0 Å². The predicted octanol–water partition coefficient (Wildman–Crippen LogP) is 3.94. The Bertz CT molecular complexity index is 597. The van der Waals surface area contributed by atoms with Crippen molar-refractivity contribution in [3.8, 4) is 12.3 Å². The zero-order valence-corrected chi connectivity index (χ0v) is 10.0. The Morgan fingerprint density at radius 2 is 1.33 bits per heavy atom. The molecule has 0 spiro atoms. The van der Waals surface area contributed by atoms with Gasteiger partial charge in [-0.15, -0.1) is 6.42 Å². The van der Waals surface area contributed by atoms with Gasteiger partial charge in [0.15, 0.2) is 0 Å². The maximum atomic E-state index is 5.51. The molecule has 0 saturated carbocycles.